The number of carbonyl (C=O) groups is 1. The van der Waals surface area contributed by atoms with Gasteiger partial charge in [0.05, 0.1) is 6.54 Å². The summed E-state index contributed by atoms with van der Waals surface area (Å²) in [4.78, 5) is 17.7. The third-order valence-corrected chi connectivity index (χ3v) is 4.69. The summed E-state index contributed by atoms with van der Waals surface area (Å²) in [6.45, 7) is 10.4. The Hall–Kier alpha value is -1.69. The highest BCUT2D eigenvalue weighted by molar-refractivity contribution is 8.00. The molecule has 0 aromatic heterocycles. The van der Waals surface area contributed by atoms with Gasteiger partial charge in [0.15, 0.2) is 5.96 Å². The first-order valence-electron chi connectivity index (χ1n) is 9.08. The van der Waals surface area contributed by atoms with E-state index in [1.54, 1.807) is 0 Å². The quantitative estimate of drug-likeness (QED) is 0.339. The molecule has 0 saturated heterocycles. The predicted molar refractivity (Wildman–Crippen MR) is 108 cm³/mol. The zero-order chi connectivity index (χ0) is 18.5. The number of thioether (sulfide) groups is 1. The molecule has 0 bridgehead atoms. The van der Waals surface area contributed by atoms with Gasteiger partial charge in [-0.2, -0.15) is 0 Å². The van der Waals surface area contributed by atoms with Crippen LogP contribution in [0.1, 0.15) is 40.5 Å². The normalized spacial score (nSPS) is 13.8. The van der Waals surface area contributed by atoms with Gasteiger partial charge < -0.3 is 16.0 Å². The Bertz CT molecular complexity index is 521. The number of nitrogens with zero attached hydrogens (tertiary/aromatic N) is 1. The van der Waals surface area contributed by atoms with Gasteiger partial charge in [-0.1, -0.05) is 32.0 Å². The standard InChI is InChI=1S/C19H32N4OS/c1-5-15(3)23-18(24)12-13-21-19(20-6-2)22-14-16(4)25-17-10-8-7-9-11-17/h7-11,15-16H,5-6,12-14H2,1-4H3,(H,23,24)(H2,20,21,22). The van der Waals surface area contributed by atoms with Crippen LogP contribution >= 0.6 is 11.8 Å². The molecule has 0 heterocycles. The second-order valence-corrected chi connectivity index (χ2v) is 7.53. The Morgan fingerprint density at radius 3 is 2.52 bits per heavy atom. The van der Waals surface area contributed by atoms with E-state index in [-0.39, 0.29) is 11.9 Å². The van der Waals surface area contributed by atoms with Crippen molar-refractivity contribution in [3.63, 3.8) is 0 Å². The predicted octanol–water partition coefficient (Wildman–Crippen LogP) is 3.03. The fraction of sp³-hybridized carbons (Fsp3) is 0.579. The average Bonchev–Trinajstić information content (AvgIpc) is 2.60. The smallest absolute Gasteiger partial charge is 0.221 e. The summed E-state index contributed by atoms with van der Waals surface area (Å²) in [5, 5.41) is 9.81. The number of carbonyl (C=O) groups excluding carboxylic acids is 1. The van der Waals surface area contributed by atoms with Crippen LogP contribution < -0.4 is 16.0 Å². The molecule has 0 aliphatic carbocycles. The lowest BCUT2D eigenvalue weighted by Crippen LogP contribution is -2.40. The van der Waals surface area contributed by atoms with Gasteiger partial charge in [0.25, 0.3) is 0 Å². The van der Waals surface area contributed by atoms with Crippen molar-refractivity contribution < 1.29 is 4.79 Å². The highest BCUT2D eigenvalue weighted by Gasteiger charge is 2.07. The minimum absolute atomic E-state index is 0.0747. The van der Waals surface area contributed by atoms with Crippen molar-refractivity contribution in [2.75, 3.05) is 19.6 Å². The van der Waals surface area contributed by atoms with Crippen molar-refractivity contribution in [3.8, 4) is 0 Å². The molecule has 3 N–H and O–H groups in total. The highest BCUT2D eigenvalue weighted by Crippen LogP contribution is 2.22. The summed E-state index contributed by atoms with van der Waals surface area (Å²) in [5.74, 6) is 0.838. The second-order valence-electron chi connectivity index (χ2n) is 6.01. The van der Waals surface area contributed by atoms with E-state index in [0.29, 0.717) is 24.8 Å². The zero-order valence-corrected chi connectivity index (χ0v) is 16.7. The number of amides is 1. The molecule has 0 saturated carbocycles. The maximum absolute atomic E-state index is 11.8. The molecule has 140 valence electrons. The third-order valence-electron chi connectivity index (χ3n) is 3.60. The van der Waals surface area contributed by atoms with Gasteiger partial charge in [-0.3, -0.25) is 9.79 Å². The Balaban J connectivity index is 2.38. The van der Waals surface area contributed by atoms with Gasteiger partial charge in [0.2, 0.25) is 5.91 Å². The molecule has 0 fully saturated rings. The first-order chi connectivity index (χ1) is 12.0. The first-order valence-corrected chi connectivity index (χ1v) is 9.96. The lowest BCUT2D eigenvalue weighted by atomic mass is 10.2. The minimum atomic E-state index is 0.0747. The summed E-state index contributed by atoms with van der Waals surface area (Å²) in [6.07, 6.45) is 1.39. The molecule has 1 aromatic rings. The van der Waals surface area contributed by atoms with Gasteiger partial charge in [0.1, 0.15) is 0 Å². The van der Waals surface area contributed by atoms with E-state index >= 15 is 0 Å². The molecule has 2 atom stereocenters. The van der Waals surface area contributed by atoms with Crippen molar-refractivity contribution >= 4 is 23.6 Å². The minimum Gasteiger partial charge on any atom is -0.357 e. The number of rotatable bonds is 10. The molecule has 0 aliphatic heterocycles. The summed E-state index contributed by atoms with van der Waals surface area (Å²) in [7, 11) is 0. The number of hydrogen-bond donors (Lipinski definition) is 3. The maximum Gasteiger partial charge on any atom is 0.221 e. The van der Waals surface area contributed by atoms with Crippen LogP contribution in [-0.2, 0) is 4.79 Å². The third kappa shape index (κ3) is 10.0. The van der Waals surface area contributed by atoms with Crippen molar-refractivity contribution in [1.29, 1.82) is 0 Å². The number of nitrogens with one attached hydrogen (secondary N) is 3. The van der Waals surface area contributed by atoms with Crippen molar-refractivity contribution in [2.45, 2.75) is 56.7 Å². The van der Waals surface area contributed by atoms with Gasteiger partial charge in [-0.25, -0.2) is 0 Å². The largest absolute Gasteiger partial charge is 0.357 e. The van der Waals surface area contributed by atoms with Crippen LogP contribution in [0.15, 0.2) is 40.2 Å². The van der Waals surface area contributed by atoms with E-state index in [0.717, 1.165) is 18.9 Å². The Labute approximate surface area is 156 Å². The molecular formula is C19H32N4OS. The molecule has 0 spiro atoms. The van der Waals surface area contributed by atoms with E-state index in [9.17, 15) is 4.79 Å². The monoisotopic (exact) mass is 364 g/mol. The first kappa shape index (κ1) is 21.4. The van der Waals surface area contributed by atoms with E-state index in [2.05, 4.69) is 46.9 Å². The summed E-state index contributed by atoms with van der Waals surface area (Å²) in [5.41, 5.74) is 0. The lowest BCUT2D eigenvalue weighted by molar-refractivity contribution is -0.121. The van der Waals surface area contributed by atoms with Crippen LogP contribution in [0.4, 0.5) is 0 Å². The van der Waals surface area contributed by atoms with Crippen LogP contribution in [0.25, 0.3) is 0 Å². The second kappa shape index (κ2) is 12.6. The summed E-state index contributed by atoms with van der Waals surface area (Å²) in [6, 6.07) is 10.6. The van der Waals surface area contributed by atoms with Crippen LogP contribution in [-0.4, -0.2) is 42.8 Å². The summed E-state index contributed by atoms with van der Waals surface area (Å²) >= 11 is 1.81. The van der Waals surface area contributed by atoms with Gasteiger partial charge in [-0.05, 0) is 32.4 Å². The fourth-order valence-electron chi connectivity index (χ4n) is 2.07. The van der Waals surface area contributed by atoms with Gasteiger partial charge >= 0.3 is 0 Å². The molecule has 1 aromatic carbocycles. The average molecular weight is 365 g/mol. The lowest BCUT2D eigenvalue weighted by Gasteiger charge is -2.14. The molecule has 25 heavy (non-hydrogen) atoms. The molecule has 5 nitrogen and oxygen atoms in total. The molecular weight excluding hydrogens is 332 g/mol. The number of benzene rings is 1. The molecule has 1 amide bonds. The van der Waals surface area contributed by atoms with E-state index in [1.807, 2.05) is 43.8 Å². The van der Waals surface area contributed by atoms with Crippen molar-refractivity contribution in [1.82, 2.24) is 16.0 Å². The molecule has 0 radical (unpaired) electrons. The molecule has 0 aliphatic rings. The number of hydrogen-bond acceptors (Lipinski definition) is 3. The molecule has 2 unspecified atom stereocenters. The number of aliphatic imine (C=N–C) groups is 1. The Morgan fingerprint density at radius 2 is 1.88 bits per heavy atom. The van der Waals surface area contributed by atoms with Gasteiger partial charge in [0, 0.05) is 35.7 Å². The fourth-order valence-corrected chi connectivity index (χ4v) is 3.00. The zero-order valence-electron chi connectivity index (χ0n) is 15.8. The van der Waals surface area contributed by atoms with E-state index in [4.69, 9.17) is 0 Å². The van der Waals surface area contributed by atoms with Crippen LogP contribution in [0.2, 0.25) is 0 Å². The van der Waals surface area contributed by atoms with Crippen LogP contribution in [0, 0.1) is 0 Å². The summed E-state index contributed by atoms with van der Waals surface area (Å²) < 4.78 is 0. The Morgan fingerprint density at radius 1 is 1.16 bits per heavy atom. The van der Waals surface area contributed by atoms with Crippen LogP contribution in [0.5, 0.6) is 0 Å². The highest BCUT2D eigenvalue weighted by atomic mass is 32.2. The van der Waals surface area contributed by atoms with Crippen molar-refractivity contribution in [3.05, 3.63) is 30.3 Å². The van der Waals surface area contributed by atoms with Gasteiger partial charge in [-0.15, -0.1) is 11.8 Å². The van der Waals surface area contributed by atoms with E-state index < -0.39 is 0 Å². The maximum atomic E-state index is 11.8. The van der Waals surface area contributed by atoms with E-state index in [1.165, 1.54) is 4.90 Å². The Kier molecular flexibility index (Phi) is 10.8. The molecule has 6 heteroatoms. The molecule has 1 rings (SSSR count). The van der Waals surface area contributed by atoms with Crippen LogP contribution in [0.3, 0.4) is 0 Å². The van der Waals surface area contributed by atoms with Crippen molar-refractivity contribution in [2.24, 2.45) is 4.99 Å². The SMILES string of the molecule is CCNC(=NCC(C)Sc1ccccc1)NCCC(=O)NC(C)CC. The topological polar surface area (TPSA) is 65.5 Å². The number of guanidine groups is 1.